The summed E-state index contributed by atoms with van der Waals surface area (Å²) in [6.07, 6.45) is -9.66. The number of nitrogens with zero attached hydrogens (tertiary/aromatic N) is 2. The molecule has 0 aliphatic heterocycles. The Kier molecular flexibility index (Phi) is 7.10. The molecule has 164 valence electrons. The molecule has 0 saturated carbocycles. The number of anilines is 1. The SMILES string of the molecule is C=C(Nc1c([N+](=O)[O-])cc(C(F)(F)F)c(C)c1[N+](=O)[O-])/C(Cl)=C\C(=C/N)C(F)(F)F. The van der Waals surface area contributed by atoms with Crippen LogP contribution >= 0.6 is 11.6 Å². The van der Waals surface area contributed by atoms with Gasteiger partial charge in [0.2, 0.25) is 0 Å². The molecule has 3 N–H and O–H groups in total. The van der Waals surface area contributed by atoms with Crippen molar-refractivity contribution in [1.82, 2.24) is 0 Å². The first kappa shape index (κ1) is 24.7. The zero-order chi connectivity index (χ0) is 23.6. The van der Waals surface area contributed by atoms with E-state index in [1.165, 1.54) is 0 Å². The summed E-state index contributed by atoms with van der Waals surface area (Å²) in [6, 6.07) is 0.0521. The molecule has 8 nitrogen and oxygen atoms in total. The zero-order valence-corrected chi connectivity index (χ0v) is 15.4. The number of benzene rings is 1. The molecule has 0 amide bonds. The number of hydrogen-bond donors (Lipinski definition) is 2. The highest BCUT2D eigenvalue weighted by molar-refractivity contribution is 6.32. The van der Waals surface area contributed by atoms with E-state index in [0.29, 0.717) is 6.92 Å². The summed E-state index contributed by atoms with van der Waals surface area (Å²) < 4.78 is 77.5. The highest BCUT2D eigenvalue weighted by Crippen LogP contribution is 2.45. The summed E-state index contributed by atoms with van der Waals surface area (Å²) >= 11 is 5.65. The smallest absolute Gasteiger partial charge is 0.404 e. The second kappa shape index (κ2) is 8.61. The maximum absolute atomic E-state index is 13.1. The fourth-order valence-corrected chi connectivity index (χ4v) is 2.37. The lowest BCUT2D eigenvalue weighted by Gasteiger charge is -2.15. The zero-order valence-electron chi connectivity index (χ0n) is 14.7. The number of rotatable bonds is 6. The highest BCUT2D eigenvalue weighted by atomic mass is 35.5. The molecule has 0 bridgehead atoms. The Bertz CT molecular complexity index is 969. The summed E-state index contributed by atoms with van der Waals surface area (Å²) in [5.74, 6) is 0. The fourth-order valence-electron chi connectivity index (χ4n) is 2.20. The molecule has 0 spiro atoms. The van der Waals surface area contributed by atoms with Crippen molar-refractivity contribution in [2.75, 3.05) is 5.32 Å². The summed E-state index contributed by atoms with van der Waals surface area (Å²) in [5, 5.41) is 23.7. The maximum atomic E-state index is 13.1. The van der Waals surface area contributed by atoms with Gasteiger partial charge in [-0.2, -0.15) is 26.3 Å². The first-order chi connectivity index (χ1) is 13.5. The minimum Gasteiger partial charge on any atom is -0.404 e. The Morgan fingerprint density at radius 2 is 1.73 bits per heavy atom. The Morgan fingerprint density at radius 3 is 2.10 bits per heavy atom. The van der Waals surface area contributed by atoms with Crippen molar-refractivity contribution < 1.29 is 36.2 Å². The molecule has 1 aromatic carbocycles. The second-order valence-electron chi connectivity index (χ2n) is 5.52. The number of nitro benzene ring substituents is 2. The molecule has 1 aromatic rings. The van der Waals surface area contributed by atoms with E-state index < -0.39 is 66.7 Å². The Labute approximate surface area is 168 Å². The van der Waals surface area contributed by atoms with Gasteiger partial charge in [-0.3, -0.25) is 20.2 Å². The molecule has 15 heteroatoms. The largest absolute Gasteiger partial charge is 0.417 e. The molecule has 0 aliphatic rings. The van der Waals surface area contributed by atoms with Gasteiger partial charge >= 0.3 is 18.0 Å². The number of allylic oxidation sites excluding steroid dienone is 3. The lowest BCUT2D eigenvalue weighted by atomic mass is 10.0. The lowest BCUT2D eigenvalue weighted by Crippen LogP contribution is -2.14. The van der Waals surface area contributed by atoms with Crippen LogP contribution in [0.3, 0.4) is 0 Å². The molecule has 0 saturated heterocycles. The molecule has 1 rings (SSSR count). The Balaban J connectivity index is 3.66. The second-order valence-corrected chi connectivity index (χ2v) is 5.93. The van der Waals surface area contributed by atoms with Crippen LogP contribution in [0.25, 0.3) is 0 Å². The van der Waals surface area contributed by atoms with E-state index in [-0.39, 0.29) is 18.3 Å². The number of hydrogen-bond acceptors (Lipinski definition) is 6. The van der Waals surface area contributed by atoms with Crippen molar-refractivity contribution in [3.63, 3.8) is 0 Å². The monoisotopic (exact) mass is 460 g/mol. The number of nitro groups is 2. The number of halogens is 7. The van der Waals surface area contributed by atoms with Gasteiger partial charge in [0.05, 0.1) is 31.7 Å². The minimum absolute atomic E-state index is 0.0521. The van der Waals surface area contributed by atoms with E-state index in [2.05, 4.69) is 6.58 Å². The van der Waals surface area contributed by atoms with Gasteiger partial charge in [-0.25, -0.2) is 0 Å². The number of nitrogens with two attached hydrogens (primary N) is 1. The molecule has 30 heavy (non-hydrogen) atoms. The van der Waals surface area contributed by atoms with Gasteiger partial charge in [-0.15, -0.1) is 0 Å². The molecule has 0 atom stereocenters. The first-order valence-electron chi connectivity index (χ1n) is 7.38. The van der Waals surface area contributed by atoms with Crippen LogP contribution in [0, 0.1) is 27.2 Å². The molecular formula is C15H11ClF6N4O4. The normalized spacial score (nSPS) is 13.2. The third-order valence-corrected chi connectivity index (χ3v) is 3.91. The van der Waals surface area contributed by atoms with E-state index in [1.54, 1.807) is 0 Å². The third kappa shape index (κ3) is 5.40. The van der Waals surface area contributed by atoms with Crippen LogP contribution in [-0.2, 0) is 6.18 Å². The van der Waals surface area contributed by atoms with Crippen molar-refractivity contribution in [3.05, 3.63) is 72.6 Å². The quantitative estimate of drug-likeness (QED) is 0.257. The van der Waals surface area contributed by atoms with Crippen molar-refractivity contribution >= 4 is 28.7 Å². The van der Waals surface area contributed by atoms with Crippen molar-refractivity contribution in [3.8, 4) is 0 Å². The highest BCUT2D eigenvalue weighted by Gasteiger charge is 2.41. The van der Waals surface area contributed by atoms with Crippen molar-refractivity contribution in [2.24, 2.45) is 5.73 Å². The molecular weight excluding hydrogens is 450 g/mol. The topological polar surface area (TPSA) is 124 Å². The van der Waals surface area contributed by atoms with Crippen LogP contribution in [0.2, 0.25) is 0 Å². The van der Waals surface area contributed by atoms with Gasteiger partial charge in [0.1, 0.15) is 0 Å². The Morgan fingerprint density at radius 1 is 1.20 bits per heavy atom. The van der Waals surface area contributed by atoms with Crippen LogP contribution < -0.4 is 11.1 Å². The number of nitrogens with one attached hydrogen (secondary N) is 1. The average molecular weight is 461 g/mol. The maximum Gasteiger partial charge on any atom is 0.417 e. The van der Waals surface area contributed by atoms with Crippen LogP contribution in [0.1, 0.15) is 11.1 Å². The van der Waals surface area contributed by atoms with Gasteiger partial charge < -0.3 is 11.1 Å². The lowest BCUT2D eigenvalue weighted by molar-refractivity contribution is -0.393. The van der Waals surface area contributed by atoms with Crippen molar-refractivity contribution in [2.45, 2.75) is 19.3 Å². The van der Waals surface area contributed by atoms with Gasteiger partial charge in [-0.05, 0) is 13.0 Å². The standard InChI is InChI=1S/C15H11ClF6N4O4/c1-6-9(15(20,21)22)4-11(25(27)28)12(13(6)26(29)30)24-7(2)10(16)3-8(5-23)14(17,18)19/h3-5,24H,2,23H2,1H3/b8-5+,10-3+. The molecule has 0 fully saturated rings. The van der Waals surface area contributed by atoms with Gasteiger partial charge in [-0.1, -0.05) is 18.2 Å². The molecule has 0 heterocycles. The van der Waals surface area contributed by atoms with E-state index in [1.807, 2.05) is 5.32 Å². The third-order valence-electron chi connectivity index (χ3n) is 3.57. The summed E-state index contributed by atoms with van der Waals surface area (Å²) in [5.41, 5.74) is -3.64. The summed E-state index contributed by atoms with van der Waals surface area (Å²) in [7, 11) is 0. The molecule has 0 aromatic heterocycles. The number of alkyl halides is 6. The van der Waals surface area contributed by atoms with Crippen LogP contribution in [0.5, 0.6) is 0 Å². The van der Waals surface area contributed by atoms with E-state index in [4.69, 9.17) is 17.3 Å². The molecule has 0 unspecified atom stereocenters. The van der Waals surface area contributed by atoms with Crippen molar-refractivity contribution in [1.29, 1.82) is 0 Å². The van der Waals surface area contributed by atoms with Gasteiger partial charge in [0.15, 0.2) is 5.69 Å². The van der Waals surface area contributed by atoms with Gasteiger partial charge in [0.25, 0.3) is 5.69 Å². The summed E-state index contributed by atoms with van der Waals surface area (Å²) in [4.78, 5) is 19.9. The van der Waals surface area contributed by atoms with E-state index in [9.17, 15) is 46.6 Å². The van der Waals surface area contributed by atoms with E-state index >= 15 is 0 Å². The van der Waals surface area contributed by atoms with Crippen LogP contribution in [0.4, 0.5) is 43.4 Å². The Hall–Kier alpha value is -3.29. The first-order valence-corrected chi connectivity index (χ1v) is 7.76. The predicted octanol–water partition coefficient (Wildman–Crippen LogP) is 5.28. The molecule has 0 radical (unpaired) electrons. The summed E-state index contributed by atoms with van der Waals surface area (Å²) in [6.45, 7) is 3.91. The predicted molar refractivity (Wildman–Crippen MR) is 94.5 cm³/mol. The fraction of sp³-hybridized carbons (Fsp3) is 0.200. The minimum atomic E-state index is -5.15. The molecule has 0 aliphatic carbocycles. The van der Waals surface area contributed by atoms with Gasteiger partial charge in [0, 0.05) is 17.8 Å². The average Bonchev–Trinajstić information content (AvgIpc) is 2.56. The van der Waals surface area contributed by atoms with Crippen LogP contribution in [-0.4, -0.2) is 16.0 Å². The van der Waals surface area contributed by atoms with Crippen LogP contribution in [0.15, 0.2) is 41.2 Å². The van der Waals surface area contributed by atoms with E-state index in [0.717, 1.165) is 0 Å².